The van der Waals surface area contributed by atoms with E-state index in [9.17, 15) is 9.59 Å². The Labute approximate surface area is 100 Å². The molecule has 1 saturated carbocycles. The summed E-state index contributed by atoms with van der Waals surface area (Å²) in [6.45, 7) is 0.296. The molecule has 0 saturated heterocycles. The molecule has 0 bridgehead atoms. The topological polar surface area (TPSA) is 43.4 Å². The lowest BCUT2D eigenvalue weighted by molar-refractivity contribution is -0.150. The van der Waals surface area contributed by atoms with Crippen LogP contribution in [0.25, 0.3) is 0 Å². The summed E-state index contributed by atoms with van der Waals surface area (Å²) < 4.78 is 5.21. The van der Waals surface area contributed by atoms with Crippen molar-refractivity contribution in [2.45, 2.75) is 19.4 Å². The summed E-state index contributed by atoms with van der Waals surface area (Å²) in [5.74, 6) is -0.433. The van der Waals surface area contributed by atoms with E-state index in [1.807, 2.05) is 30.3 Å². The van der Waals surface area contributed by atoms with Crippen LogP contribution in [-0.2, 0) is 20.9 Å². The smallest absolute Gasteiger partial charge is 0.313 e. The maximum Gasteiger partial charge on any atom is 0.313 e. The van der Waals surface area contributed by atoms with Crippen LogP contribution in [0.1, 0.15) is 18.4 Å². The third-order valence-electron chi connectivity index (χ3n) is 2.96. The van der Waals surface area contributed by atoms with E-state index in [4.69, 9.17) is 4.74 Å². The molecule has 1 aromatic rings. The van der Waals surface area contributed by atoms with Gasteiger partial charge in [0.15, 0.2) is 0 Å². The molecule has 17 heavy (non-hydrogen) atoms. The largest absolute Gasteiger partial charge is 0.460 e. The first-order valence-electron chi connectivity index (χ1n) is 5.66. The van der Waals surface area contributed by atoms with Crippen LogP contribution in [-0.4, -0.2) is 12.3 Å². The van der Waals surface area contributed by atoms with E-state index < -0.39 is 0 Å². The van der Waals surface area contributed by atoms with Crippen LogP contribution < -0.4 is 0 Å². The molecule has 3 nitrogen and oxygen atoms in total. The van der Waals surface area contributed by atoms with Crippen molar-refractivity contribution in [3.05, 3.63) is 47.5 Å². The van der Waals surface area contributed by atoms with Crippen molar-refractivity contribution in [2.24, 2.45) is 5.92 Å². The number of esters is 1. The van der Waals surface area contributed by atoms with Gasteiger partial charge in [0, 0.05) is 0 Å². The molecule has 1 aliphatic carbocycles. The SMILES string of the molecule is O=CC=C1CCC1C(=O)OCc1ccccc1. The lowest BCUT2D eigenvalue weighted by Gasteiger charge is -2.27. The molecule has 1 aromatic carbocycles. The van der Waals surface area contributed by atoms with Gasteiger partial charge < -0.3 is 4.74 Å². The molecule has 0 heterocycles. The Hall–Kier alpha value is -1.90. The first-order chi connectivity index (χ1) is 8.31. The Morgan fingerprint density at radius 1 is 1.35 bits per heavy atom. The highest BCUT2D eigenvalue weighted by molar-refractivity contribution is 5.80. The number of hydrogen-bond donors (Lipinski definition) is 0. The summed E-state index contributed by atoms with van der Waals surface area (Å²) in [4.78, 5) is 22.0. The van der Waals surface area contributed by atoms with E-state index in [2.05, 4.69) is 0 Å². The molecular weight excluding hydrogens is 216 g/mol. The minimum absolute atomic E-state index is 0.205. The van der Waals surface area contributed by atoms with Crippen molar-refractivity contribution >= 4 is 12.3 Å². The fourth-order valence-corrected chi connectivity index (χ4v) is 1.84. The summed E-state index contributed by atoms with van der Waals surface area (Å²) in [6, 6.07) is 9.56. The maximum atomic E-state index is 11.7. The predicted molar refractivity (Wildman–Crippen MR) is 63.1 cm³/mol. The number of ether oxygens (including phenoxy) is 1. The number of allylic oxidation sites excluding steroid dienone is 1. The van der Waals surface area contributed by atoms with Crippen molar-refractivity contribution < 1.29 is 14.3 Å². The fourth-order valence-electron chi connectivity index (χ4n) is 1.84. The highest BCUT2D eigenvalue weighted by Gasteiger charge is 2.31. The van der Waals surface area contributed by atoms with Gasteiger partial charge in [-0.1, -0.05) is 35.9 Å². The Morgan fingerprint density at radius 3 is 2.71 bits per heavy atom. The van der Waals surface area contributed by atoms with Gasteiger partial charge in [0.25, 0.3) is 0 Å². The molecule has 0 aliphatic heterocycles. The Kier molecular flexibility index (Phi) is 3.70. The summed E-state index contributed by atoms with van der Waals surface area (Å²) >= 11 is 0. The van der Waals surface area contributed by atoms with Crippen LogP contribution in [0.5, 0.6) is 0 Å². The van der Waals surface area contributed by atoms with Gasteiger partial charge in [-0.3, -0.25) is 9.59 Å². The average molecular weight is 230 g/mol. The summed E-state index contributed by atoms with van der Waals surface area (Å²) in [6.07, 6.45) is 3.81. The third-order valence-corrected chi connectivity index (χ3v) is 2.96. The van der Waals surface area contributed by atoms with Crippen molar-refractivity contribution in [3.8, 4) is 0 Å². The van der Waals surface area contributed by atoms with E-state index in [-0.39, 0.29) is 11.9 Å². The minimum atomic E-state index is -0.229. The normalized spacial score (nSPS) is 20.7. The zero-order chi connectivity index (χ0) is 12.1. The van der Waals surface area contributed by atoms with Crippen LogP contribution in [0, 0.1) is 5.92 Å². The number of rotatable bonds is 4. The quantitative estimate of drug-likeness (QED) is 0.452. The predicted octanol–water partition coefficient (Wildman–Crippen LogP) is 2.27. The van der Waals surface area contributed by atoms with E-state index in [0.29, 0.717) is 6.61 Å². The second-order valence-corrected chi connectivity index (χ2v) is 4.06. The molecule has 1 aliphatic rings. The van der Waals surface area contributed by atoms with Crippen LogP contribution in [0.4, 0.5) is 0 Å². The fraction of sp³-hybridized carbons (Fsp3) is 0.286. The molecule has 0 radical (unpaired) electrons. The van der Waals surface area contributed by atoms with Gasteiger partial charge in [-0.05, 0) is 24.5 Å². The third kappa shape index (κ3) is 2.81. The summed E-state index contributed by atoms with van der Waals surface area (Å²) in [5, 5.41) is 0. The van der Waals surface area contributed by atoms with E-state index >= 15 is 0 Å². The van der Waals surface area contributed by atoms with Gasteiger partial charge in [0.05, 0.1) is 5.92 Å². The van der Waals surface area contributed by atoms with Crippen LogP contribution in [0.2, 0.25) is 0 Å². The van der Waals surface area contributed by atoms with Crippen molar-refractivity contribution in [2.75, 3.05) is 0 Å². The van der Waals surface area contributed by atoms with Crippen molar-refractivity contribution in [3.63, 3.8) is 0 Å². The molecule has 1 fully saturated rings. The Balaban J connectivity index is 1.86. The molecular formula is C14H14O3. The van der Waals surface area contributed by atoms with Gasteiger partial charge in [0.1, 0.15) is 12.9 Å². The van der Waals surface area contributed by atoms with E-state index in [1.165, 1.54) is 6.08 Å². The van der Waals surface area contributed by atoms with Crippen molar-refractivity contribution in [1.29, 1.82) is 0 Å². The van der Waals surface area contributed by atoms with Crippen LogP contribution in [0.15, 0.2) is 42.0 Å². The summed E-state index contributed by atoms with van der Waals surface area (Å²) in [5.41, 5.74) is 1.86. The average Bonchev–Trinajstić information content (AvgIpc) is 2.33. The molecule has 1 atom stereocenters. The van der Waals surface area contributed by atoms with Crippen LogP contribution >= 0.6 is 0 Å². The zero-order valence-corrected chi connectivity index (χ0v) is 9.46. The number of benzene rings is 1. The van der Waals surface area contributed by atoms with Gasteiger partial charge in [-0.2, -0.15) is 0 Å². The minimum Gasteiger partial charge on any atom is -0.460 e. The first-order valence-corrected chi connectivity index (χ1v) is 5.66. The molecule has 2 rings (SSSR count). The van der Waals surface area contributed by atoms with E-state index in [0.717, 1.165) is 30.3 Å². The van der Waals surface area contributed by atoms with Gasteiger partial charge in [-0.15, -0.1) is 0 Å². The highest BCUT2D eigenvalue weighted by Crippen LogP contribution is 2.34. The monoisotopic (exact) mass is 230 g/mol. The zero-order valence-electron chi connectivity index (χ0n) is 9.46. The van der Waals surface area contributed by atoms with Crippen LogP contribution in [0.3, 0.4) is 0 Å². The molecule has 3 heteroatoms. The number of aldehydes is 1. The van der Waals surface area contributed by atoms with Crippen molar-refractivity contribution in [1.82, 2.24) is 0 Å². The van der Waals surface area contributed by atoms with Gasteiger partial charge in [-0.25, -0.2) is 0 Å². The Bertz CT molecular complexity index is 434. The molecule has 0 N–H and O–H groups in total. The number of carbonyl (C=O) groups excluding carboxylic acids is 2. The molecule has 0 spiro atoms. The standard InChI is InChI=1S/C14H14O3/c15-9-8-12-6-7-13(12)14(16)17-10-11-4-2-1-3-5-11/h1-5,8-9,13H,6-7,10H2. The Morgan fingerprint density at radius 2 is 2.12 bits per heavy atom. The molecule has 1 unspecified atom stereocenters. The number of carbonyl (C=O) groups is 2. The lowest BCUT2D eigenvalue weighted by Crippen LogP contribution is -2.27. The highest BCUT2D eigenvalue weighted by atomic mass is 16.5. The molecule has 88 valence electrons. The number of hydrogen-bond acceptors (Lipinski definition) is 3. The van der Waals surface area contributed by atoms with E-state index in [1.54, 1.807) is 0 Å². The maximum absolute atomic E-state index is 11.7. The summed E-state index contributed by atoms with van der Waals surface area (Å²) in [7, 11) is 0. The second kappa shape index (κ2) is 5.43. The van der Waals surface area contributed by atoms with Gasteiger partial charge >= 0.3 is 5.97 Å². The molecule has 0 aromatic heterocycles. The second-order valence-electron chi connectivity index (χ2n) is 4.06. The van der Waals surface area contributed by atoms with Gasteiger partial charge in [0.2, 0.25) is 0 Å². The molecule has 0 amide bonds. The first kappa shape index (κ1) is 11.6. The lowest BCUT2D eigenvalue weighted by atomic mass is 9.79.